The molecular weight excluding hydrogens is 282 g/mol. The average molecular weight is 301 g/mol. The Hall–Kier alpha value is -2.52. The number of hydrogen-bond acceptors (Lipinski definition) is 5. The van der Waals surface area contributed by atoms with Crippen LogP contribution in [0.1, 0.15) is 5.56 Å². The Morgan fingerprint density at radius 2 is 2.09 bits per heavy atom. The first-order valence-corrected chi connectivity index (χ1v) is 7.08. The van der Waals surface area contributed by atoms with E-state index in [1.807, 2.05) is 35.2 Å². The molecule has 0 atom stereocenters. The van der Waals surface area contributed by atoms with Crippen LogP contribution in [-0.2, 0) is 16.1 Å². The van der Waals surface area contributed by atoms with E-state index in [9.17, 15) is 4.79 Å². The maximum absolute atomic E-state index is 12.1. The molecule has 1 aliphatic rings. The molecule has 2 rings (SSSR count). The number of rotatable bonds is 5. The first-order chi connectivity index (χ1) is 10.7. The van der Waals surface area contributed by atoms with Crippen molar-refractivity contribution < 1.29 is 14.3 Å². The summed E-state index contributed by atoms with van der Waals surface area (Å²) in [6, 6.07) is 9.35. The minimum atomic E-state index is -0.371. The summed E-state index contributed by atoms with van der Waals surface area (Å²) < 4.78 is 10.3. The Morgan fingerprint density at radius 1 is 1.41 bits per heavy atom. The second-order valence-electron chi connectivity index (χ2n) is 4.83. The van der Waals surface area contributed by atoms with E-state index in [-0.39, 0.29) is 11.5 Å². The van der Waals surface area contributed by atoms with Crippen LogP contribution in [0.25, 0.3) is 0 Å². The molecule has 0 aromatic heterocycles. The minimum absolute atomic E-state index is 0.107. The smallest absolute Gasteiger partial charge is 0.263 e. The lowest BCUT2D eigenvalue weighted by Gasteiger charge is -2.25. The lowest BCUT2D eigenvalue weighted by Crippen LogP contribution is -2.33. The topological polar surface area (TPSA) is 74.6 Å². The van der Waals surface area contributed by atoms with Crippen molar-refractivity contribution in [1.82, 2.24) is 10.2 Å². The SMILES string of the molecule is COc1ccc(CNC(=O)/C(C#N)=C/N2CCOCC2)cc1. The molecule has 1 aliphatic heterocycles. The fraction of sp³-hybridized carbons (Fsp3) is 0.375. The van der Waals surface area contributed by atoms with Crippen LogP contribution in [0.15, 0.2) is 36.0 Å². The highest BCUT2D eigenvalue weighted by Gasteiger charge is 2.13. The standard InChI is InChI=1S/C16H19N3O3/c1-21-15-4-2-13(3-5-15)11-18-16(20)14(10-17)12-19-6-8-22-9-7-19/h2-5,12H,6-9,11H2,1H3,(H,18,20)/b14-12+. The van der Waals surface area contributed by atoms with Gasteiger partial charge in [0.25, 0.3) is 5.91 Å². The second-order valence-corrected chi connectivity index (χ2v) is 4.83. The Balaban J connectivity index is 1.91. The van der Waals surface area contributed by atoms with Gasteiger partial charge in [0.15, 0.2) is 0 Å². The maximum atomic E-state index is 12.1. The van der Waals surface area contributed by atoms with E-state index in [4.69, 9.17) is 14.7 Å². The molecule has 6 nitrogen and oxygen atoms in total. The zero-order valence-electron chi connectivity index (χ0n) is 12.5. The van der Waals surface area contributed by atoms with Gasteiger partial charge >= 0.3 is 0 Å². The van der Waals surface area contributed by atoms with Crippen molar-refractivity contribution in [2.45, 2.75) is 6.54 Å². The van der Waals surface area contributed by atoms with E-state index >= 15 is 0 Å². The number of ether oxygens (including phenoxy) is 2. The average Bonchev–Trinajstić information content (AvgIpc) is 2.59. The quantitative estimate of drug-likeness (QED) is 0.650. The predicted octanol–water partition coefficient (Wildman–Crippen LogP) is 1.05. The number of methoxy groups -OCH3 is 1. The third kappa shape index (κ3) is 4.50. The molecule has 1 saturated heterocycles. The Morgan fingerprint density at radius 3 is 2.68 bits per heavy atom. The predicted molar refractivity (Wildman–Crippen MR) is 80.9 cm³/mol. The van der Waals surface area contributed by atoms with Gasteiger partial charge in [0, 0.05) is 25.8 Å². The number of nitrogens with zero attached hydrogens (tertiary/aromatic N) is 2. The van der Waals surface area contributed by atoms with Crippen molar-refractivity contribution in [2.75, 3.05) is 33.4 Å². The van der Waals surface area contributed by atoms with Gasteiger partial charge in [-0.2, -0.15) is 5.26 Å². The number of carbonyl (C=O) groups is 1. The van der Waals surface area contributed by atoms with Crippen molar-refractivity contribution in [3.63, 3.8) is 0 Å². The van der Waals surface area contributed by atoms with E-state index in [0.717, 1.165) is 11.3 Å². The van der Waals surface area contributed by atoms with Crippen LogP contribution < -0.4 is 10.1 Å². The molecule has 22 heavy (non-hydrogen) atoms. The van der Waals surface area contributed by atoms with Crippen molar-refractivity contribution in [3.05, 3.63) is 41.6 Å². The van der Waals surface area contributed by atoms with Crippen LogP contribution in [-0.4, -0.2) is 44.2 Å². The van der Waals surface area contributed by atoms with Crippen molar-refractivity contribution in [1.29, 1.82) is 5.26 Å². The molecule has 116 valence electrons. The number of hydrogen-bond donors (Lipinski definition) is 1. The molecule has 0 unspecified atom stereocenters. The molecule has 1 aromatic carbocycles. The van der Waals surface area contributed by atoms with E-state index < -0.39 is 0 Å². The molecule has 0 radical (unpaired) electrons. The zero-order chi connectivity index (χ0) is 15.8. The van der Waals surface area contributed by atoms with Gasteiger partial charge < -0.3 is 19.7 Å². The molecule has 1 heterocycles. The summed E-state index contributed by atoms with van der Waals surface area (Å²) in [6.07, 6.45) is 1.60. The first-order valence-electron chi connectivity index (χ1n) is 7.08. The number of nitriles is 1. The van der Waals surface area contributed by atoms with E-state index in [1.165, 1.54) is 0 Å². The molecule has 0 bridgehead atoms. The van der Waals surface area contributed by atoms with Crippen LogP contribution in [0, 0.1) is 11.3 Å². The summed E-state index contributed by atoms with van der Waals surface area (Å²) in [5.41, 5.74) is 1.05. The van der Waals surface area contributed by atoms with E-state index in [2.05, 4.69) is 5.32 Å². The van der Waals surface area contributed by atoms with Gasteiger partial charge in [-0.3, -0.25) is 4.79 Å². The molecule has 1 amide bonds. The Bertz CT molecular complexity index is 569. The molecule has 0 aliphatic carbocycles. The fourth-order valence-corrected chi connectivity index (χ4v) is 2.05. The summed E-state index contributed by atoms with van der Waals surface area (Å²) in [7, 11) is 1.60. The summed E-state index contributed by atoms with van der Waals surface area (Å²) in [4.78, 5) is 14.0. The van der Waals surface area contributed by atoms with Crippen molar-refractivity contribution >= 4 is 5.91 Å². The van der Waals surface area contributed by atoms with E-state index in [1.54, 1.807) is 13.3 Å². The third-order valence-corrected chi connectivity index (χ3v) is 3.33. The fourth-order valence-electron chi connectivity index (χ4n) is 2.05. The minimum Gasteiger partial charge on any atom is -0.497 e. The van der Waals surface area contributed by atoms with Gasteiger partial charge in [-0.1, -0.05) is 12.1 Å². The monoisotopic (exact) mass is 301 g/mol. The molecule has 0 spiro atoms. The Labute approximate surface area is 129 Å². The molecule has 1 N–H and O–H groups in total. The summed E-state index contributed by atoms with van der Waals surface area (Å²) in [6.45, 7) is 2.98. The molecule has 6 heteroatoms. The highest BCUT2D eigenvalue weighted by molar-refractivity contribution is 5.97. The van der Waals surface area contributed by atoms with Crippen LogP contribution in [0.3, 0.4) is 0 Å². The number of morpholine rings is 1. The lowest BCUT2D eigenvalue weighted by molar-refractivity contribution is -0.117. The first kappa shape index (κ1) is 15.9. The van der Waals surface area contributed by atoms with Gasteiger partial charge in [0.2, 0.25) is 0 Å². The van der Waals surface area contributed by atoms with Gasteiger partial charge in [0.05, 0.1) is 20.3 Å². The summed E-state index contributed by atoms with van der Waals surface area (Å²) in [5, 5.41) is 11.9. The third-order valence-electron chi connectivity index (χ3n) is 3.33. The van der Waals surface area contributed by atoms with E-state index in [0.29, 0.717) is 32.8 Å². The Kier molecular flexibility index (Phi) is 5.81. The van der Waals surface area contributed by atoms with Gasteiger partial charge in [-0.25, -0.2) is 0 Å². The van der Waals surface area contributed by atoms with Crippen molar-refractivity contribution in [2.24, 2.45) is 0 Å². The number of carbonyl (C=O) groups excluding carboxylic acids is 1. The molecule has 1 aromatic rings. The number of benzene rings is 1. The number of amides is 1. The largest absolute Gasteiger partial charge is 0.497 e. The second kappa shape index (κ2) is 8.05. The highest BCUT2D eigenvalue weighted by Crippen LogP contribution is 2.11. The van der Waals surface area contributed by atoms with Gasteiger partial charge in [-0.15, -0.1) is 0 Å². The van der Waals surface area contributed by atoms with Gasteiger partial charge in [-0.05, 0) is 17.7 Å². The molecule has 0 saturated carbocycles. The van der Waals surface area contributed by atoms with Crippen LogP contribution >= 0.6 is 0 Å². The summed E-state index contributed by atoms with van der Waals surface area (Å²) >= 11 is 0. The van der Waals surface area contributed by atoms with Crippen LogP contribution in [0.5, 0.6) is 5.75 Å². The highest BCUT2D eigenvalue weighted by atomic mass is 16.5. The van der Waals surface area contributed by atoms with Crippen LogP contribution in [0.2, 0.25) is 0 Å². The summed E-state index contributed by atoms with van der Waals surface area (Å²) in [5.74, 6) is 0.393. The zero-order valence-corrected chi connectivity index (χ0v) is 12.5. The van der Waals surface area contributed by atoms with Crippen LogP contribution in [0.4, 0.5) is 0 Å². The molecule has 1 fully saturated rings. The van der Waals surface area contributed by atoms with Crippen molar-refractivity contribution in [3.8, 4) is 11.8 Å². The number of nitrogens with one attached hydrogen (secondary N) is 1. The maximum Gasteiger partial charge on any atom is 0.263 e. The molecular formula is C16H19N3O3. The lowest BCUT2D eigenvalue weighted by atomic mass is 10.2. The van der Waals surface area contributed by atoms with Gasteiger partial charge in [0.1, 0.15) is 17.4 Å². The normalized spacial score (nSPS) is 15.1.